The van der Waals surface area contributed by atoms with Crippen LogP contribution < -0.4 is 0 Å². The molecular formula is C32H24N2O4. The highest BCUT2D eigenvalue weighted by atomic mass is 16.3. The second-order valence-corrected chi connectivity index (χ2v) is 9.08. The number of nitroso groups, excluding NO2 is 2. The minimum Gasteiger partial charge on any atom is -0.508 e. The molecule has 6 heteroatoms. The van der Waals surface area contributed by atoms with E-state index in [0.717, 1.165) is 33.4 Å². The average molecular weight is 501 g/mol. The van der Waals surface area contributed by atoms with Crippen molar-refractivity contribution in [2.75, 3.05) is 0 Å². The molecule has 0 heterocycles. The number of phenols is 2. The highest BCUT2D eigenvalue weighted by molar-refractivity contribution is 5.52. The SMILES string of the molecule is O=Nc1ccc(C(c2ccc(N=O)cc2)c2ccc(C(c3ccc(O)cc3)c3ccc(O)cc3)cc2)cc1. The predicted octanol–water partition coefficient (Wildman–Crippen LogP) is 8.25. The topological polar surface area (TPSA) is 99.3 Å². The van der Waals surface area contributed by atoms with Crippen LogP contribution >= 0.6 is 0 Å². The fraction of sp³-hybridized carbons (Fsp3) is 0.0625. The Morgan fingerprint density at radius 3 is 0.816 bits per heavy atom. The van der Waals surface area contributed by atoms with Gasteiger partial charge in [-0.3, -0.25) is 0 Å². The van der Waals surface area contributed by atoms with Gasteiger partial charge in [-0.05, 0) is 92.3 Å². The van der Waals surface area contributed by atoms with Crippen LogP contribution in [0.5, 0.6) is 11.5 Å². The van der Waals surface area contributed by atoms with Crippen LogP contribution in [0.25, 0.3) is 0 Å². The van der Waals surface area contributed by atoms with Crippen LogP contribution in [0.1, 0.15) is 45.2 Å². The van der Waals surface area contributed by atoms with Crippen molar-refractivity contribution >= 4 is 11.4 Å². The first-order chi connectivity index (χ1) is 18.6. The maximum absolute atomic E-state index is 11.0. The van der Waals surface area contributed by atoms with Gasteiger partial charge in [-0.25, -0.2) is 0 Å². The molecule has 0 atom stereocenters. The third kappa shape index (κ3) is 5.20. The molecule has 5 rings (SSSR count). The molecule has 0 spiro atoms. The van der Waals surface area contributed by atoms with Crippen molar-refractivity contribution < 1.29 is 10.2 Å². The number of hydrogen-bond acceptors (Lipinski definition) is 6. The Bertz CT molecular complexity index is 1430. The summed E-state index contributed by atoms with van der Waals surface area (Å²) >= 11 is 0. The lowest BCUT2D eigenvalue weighted by atomic mass is 9.81. The molecule has 2 N–H and O–H groups in total. The third-order valence-electron chi connectivity index (χ3n) is 6.72. The van der Waals surface area contributed by atoms with Crippen molar-refractivity contribution in [3.05, 3.63) is 165 Å². The van der Waals surface area contributed by atoms with E-state index in [0.29, 0.717) is 11.4 Å². The number of phenolic OH excluding ortho intramolecular Hbond substituents is 2. The van der Waals surface area contributed by atoms with E-state index in [2.05, 4.69) is 34.6 Å². The fourth-order valence-corrected chi connectivity index (χ4v) is 4.82. The van der Waals surface area contributed by atoms with Crippen LogP contribution in [-0.4, -0.2) is 10.2 Å². The van der Waals surface area contributed by atoms with Crippen molar-refractivity contribution in [3.63, 3.8) is 0 Å². The van der Waals surface area contributed by atoms with E-state index in [9.17, 15) is 20.0 Å². The Labute approximate surface area is 219 Å². The Balaban J connectivity index is 1.57. The molecule has 186 valence electrons. The zero-order chi connectivity index (χ0) is 26.5. The zero-order valence-electron chi connectivity index (χ0n) is 20.3. The molecule has 0 aromatic heterocycles. The number of hydrogen-bond donors (Lipinski definition) is 2. The van der Waals surface area contributed by atoms with Gasteiger partial charge in [0.2, 0.25) is 0 Å². The van der Waals surface area contributed by atoms with Gasteiger partial charge in [-0.15, -0.1) is 9.81 Å². The van der Waals surface area contributed by atoms with Crippen molar-refractivity contribution in [1.82, 2.24) is 0 Å². The Morgan fingerprint density at radius 1 is 0.368 bits per heavy atom. The van der Waals surface area contributed by atoms with Crippen LogP contribution in [-0.2, 0) is 0 Å². The smallest absolute Gasteiger partial charge is 0.115 e. The van der Waals surface area contributed by atoms with E-state index < -0.39 is 0 Å². The summed E-state index contributed by atoms with van der Waals surface area (Å²) in [5.41, 5.74) is 6.75. The minimum atomic E-state index is -0.147. The fourth-order valence-electron chi connectivity index (χ4n) is 4.82. The van der Waals surface area contributed by atoms with Gasteiger partial charge in [-0.1, -0.05) is 72.8 Å². The van der Waals surface area contributed by atoms with E-state index in [-0.39, 0.29) is 23.3 Å². The van der Waals surface area contributed by atoms with Gasteiger partial charge in [-0.2, -0.15) is 0 Å². The van der Waals surface area contributed by atoms with Crippen LogP contribution in [0, 0.1) is 9.81 Å². The highest BCUT2D eigenvalue weighted by Gasteiger charge is 2.20. The van der Waals surface area contributed by atoms with Crippen LogP contribution in [0.15, 0.2) is 132 Å². The largest absolute Gasteiger partial charge is 0.508 e. The van der Waals surface area contributed by atoms with E-state index in [4.69, 9.17) is 0 Å². The van der Waals surface area contributed by atoms with E-state index in [1.807, 2.05) is 48.5 Å². The summed E-state index contributed by atoms with van der Waals surface area (Å²) in [5, 5.41) is 25.7. The monoisotopic (exact) mass is 500 g/mol. The Morgan fingerprint density at radius 2 is 0.579 bits per heavy atom. The lowest BCUT2D eigenvalue weighted by Gasteiger charge is -2.22. The third-order valence-corrected chi connectivity index (χ3v) is 6.72. The second kappa shape index (κ2) is 10.9. The Hall–Kier alpha value is -5.10. The van der Waals surface area contributed by atoms with Gasteiger partial charge in [0.25, 0.3) is 0 Å². The van der Waals surface area contributed by atoms with Gasteiger partial charge in [0.15, 0.2) is 0 Å². The predicted molar refractivity (Wildman–Crippen MR) is 148 cm³/mol. The molecule has 0 saturated carbocycles. The zero-order valence-corrected chi connectivity index (χ0v) is 20.3. The van der Waals surface area contributed by atoms with Crippen molar-refractivity contribution in [2.24, 2.45) is 10.4 Å². The number of rotatable bonds is 8. The molecule has 0 radical (unpaired) electrons. The van der Waals surface area contributed by atoms with Crippen molar-refractivity contribution in [2.45, 2.75) is 11.8 Å². The molecule has 0 aliphatic heterocycles. The van der Waals surface area contributed by atoms with Crippen molar-refractivity contribution in [3.8, 4) is 11.5 Å². The molecule has 0 saturated heterocycles. The van der Waals surface area contributed by atoms with Gasteiger partial charge in [0.1, 0.15) is 22.9 Å². The molecule has 5 aromatic rings. The Kier molecular flexibility index (Phi) is 7.04. The summed E-state index contributed by atoms with van der Waals surface area (Å²) in [6, 6.07) is 36.9. The number of nitrogens with zero attached hydrogens (tertiary/aromatic N) is 2. The maximum Gasteiger partial charge on any atom is 0.115 e. The van der Waals surface area contributed by atoms with E-state index in [1.165, 1.54) is 0 Å². The molecular weight excluding hydrogens is 476 g/mol. The van der Waals surface area contributed by atoms with Gasteiger partial charge in [0, 0.05) is 11.8 Å². The lowest BCUT2D eigenvalue weighted by molar-refractivity contribution is 0.475. The molecule has 0 aliphatic rings. The molecule has 0 aliphatic carbocycles. The van der Waals surface area contributed by atoms with Gasteiger partial charge < -0.3 is 10.2 Å². The van der Waals surface area contributed by atoms with Gasteiger partial charge >= 0.3 is 0 Å². The summed E-state index contributed by atoms with van der Waals surface area (Å²) in [7, 11) is 0. The van der Waals surface area contributed by atoms with Crippen LogP contribution in [0.3, 0.4) is 0 Å². The molecule has 6 nitrogen and oxygen atoms in total. The summed E-state index contributed by atoms with van der Waals surface area (Å²) < 4.78 is 0. The summed E-state index contributed by atoms with van der Waals surface area (Å²) in [5.74, 6) is 0.136. The maximum atomic E-state index is 11.0. The van der Waals surface area contributed by atoms with Crippen LogP contribution in [0.4, 0.5) is 11.4 Å². The standard InChI is InChI=1S/C32H24N2O4/c35-29-17-9-25(10-18-29)32(26-11-19-30(36)20-12-26)22-3-1-21(2-4-22)31(23-5-13-27(33-37)14-6-23)24-7-15-28(34-38)16-8-24/h1-20,31-32,35-36H. The summed E-state index contributed by atoms with van der Waals surface area (Å²) in [4.78, 5) is 21.9. The first-order valence-corrected chi connectivity index (χ1v) is 12.1. The van der Waals surface area contributed by atoms with Gasteiger partial charge in [0.05, 0.1) is 0 Å². The second-order valence-electron chi connectivity index (χ2n) is 9.08. The number of benzene rings is 5. The molecule has 0 unspecified atom stereocenters. The summed E-state index contributed by atoms with van der Waals surface area (Å²) in [6.07, 6.45) is 0. The lowest BCUT2D eigenvalue weighted by Crippen LogP contribution is -2.06. The first kappa shape index (κ1) is 24.6. The van der Waals surface area contributed by atoms with Crippen LogP contribution in [0.2, 0.25) is 0 Å². The molecule has 5 aromatic carbocycles. The molecule has 0 fully saturated rings. The first-order valence-electron chi connectivity index (χ1n) is 12.1. The van der Waals surface area contributed by atoms with E-state index in [1.54, 1.807) is 48.5 Å². The quantitative estimate of drug-likeness (QED) is 0.165. The molecule has 0 amide bonds. The van der Waals surface area contributed by atoms with E-state index >= 15 is 0 Å². The van der Waals surface area contributed by atoms with Crippen molar-refractivity contribution in [1.29, 1.82) is 0 Å². The highest BCUT2D eigenvalue weighted by Crippen LogP contribution is 2.37. The molecule has 0 bridgehead atoms. The molecule has 38 heavy (non-hydrogen) atoms. The average Bonchev–Trinajstić information content (AvgIpc) is 2.97. The minimum absolute atomic E-state index is 0.111. The summed E-state index contributed by atoms with van der Waals surface area (Å²) in [6.45, 7) is 0. The normalized spacial score (nSPS) is 11.0. The number of aromatic hydroxyl groups is 2.